The monoisotopic (exact) mass is 371 g/mol. The zero-order valence-electron chi connectivity index (χ0n) is 15.7. The molecule has 2 saturated heterocycles. The number of nitrogens with two attached hydrogens (primary N) is 1. The van der Waals surface area contributed by atoms with Crippen molar-refractivity contribution in [2.24, 2.45) is 0 Å². The van der Waals surface area contributed by atoms with Crippen molar-refractivity contribution in [1.29, 1.82) is 0 Å². The molecule has 2 unspecified atom stereocenters. The number of ether oxygens (including phenoxy) is 2. The van der Waals surface area contributed by atoms with E-state index in [1.54, 1.807) is 12.4 Å². The first-order valence-electron chi connectivity index (χ1n) is 9.27. The molecule has 0 aromatic carbocycles. The van der Waals surface area contributed by atoms with Gasteiger partial charge >= 0.3 is 0 Å². The van der Waals surface area contributed by atoms with Crippen molar-refractivity contribution >= 4 is 17.7 Å². The van der Waals surface area contributed by atoms with Crippen LogP contribution in [0, 0.1) is 0 Å². The van der Waals surface area contributed by atoms with Crippen LogP contribution in [0.3, 0.4) is 0 Å². The van der Waals surface area contributed by atoms with Crippen LogP contribution in [0.15, 0.2) is 18.5 Å². The Labute approximate surface area is 158 Å². The quantitative estimate of drug-likeness (QED) is 0.845. The first-order valence-corrected chi connectivity index (χ1v) is 9.27. The molecular weight excluding hydrogens is 346 g/mol. The molecule has 0 spiro atoms. The molecule has 27 heavy (non-hydrogen) atoms. The summed E-state index contributed by atoms with van der Waals surface area (Å²) in [6, 6.07) is 2.46. The van der Waals surface area contributed by atoms with Gasteiger partial charge in [0.2, 0.25) is 11.9 Å². The molecule has 2 aromatic rings. The molecule has 2 fully saturated rings. The number of rotatable bonds is 3. The van der Waals surface area contributed by atoms with E-state index in [1.165, 1.54) is 0 Å². The molecule has 0 radical (unpaired) electrons. The van der Waals surface area contributed by atoms with Gasteiger partial charge < -0.3 is 25.0 Å². The molecule has 2 atom stereocenters. The van der Waals surface area contributed by atoms with E-state index in [9.17, 15) is 0 Å². The maximum absolute atomic E-state index is 5.64. The summed E-state index contributed by atoms with van der Waals surface area (Å²) in [7, 11) is 0. The molecule has 2 aliphatic rings. The predicted octanol–water partition coefficient (Wildman–Crippen LogP) is 0.966. The number of aromatic nitrogens is 4. The van der Waals surface area contributed by atoms with E-state index in [4.69, 9.17) is 25.2 Å². The van der Waals surface area contributed by atoms with Crippen molar-refractivity contribution in [3.05, 3.63) is 18.5 Å². The summed E-state index contributed by atoms with van der Waals surface area (Å²) in [6.07, 6.45) is 3.40. The minimum absolute atomic E-state index is 0.214. The first kappa shape index (κ1) is 17.9. The lowest BCUT2D eigenvalue weighted by atomic mass is 10.2. The number of hydrogen-bond acceptors (Lipinski definition) is 9. The van der Waals surface area contributed by atoms with Crippen LogP contribution >= 0.6 is 0 Å². The van der Waals surface area contributed by atoms with Gasteiger partial charge in [-0.05, 0) is 13.8 Å². The number of nitrogens with zero attached hydrogens (tertiary/aromatic N) is 6. The van der Waals surface area contributed by atoms with Gasteiger partial charge in [0.1, 0.15) is 5.82 Å². The Hall–Kier alpha value is -2.52. The Balaban J connectivity index is 1.76. The summed E-state index contributed by atoms with van der Waals surface area (Å²) < 4.78 is 11.1. The smallest absolute Gasteiger partial charge is 0.228 e. The maximum atomic E-state index is 5.64. The van der Waals surface area contributed by atoms with Crippen LogP contribution in [0.25, 0.3) is 11.3 Å². The van der Waals surface area contributed by atoms with Crippen molar-refractivity contribution in [1.82, 2.24) is 19.9 Å². The highest BCUT2D eigenvalue weighted by atomic mass is 16.5. The second-order valence-corrected chi connectivity index (χ2v) is 6.98. The Morgan fingerprint density at radius 2 is 1.59 bits per heavy atom. The Morgan fingerprint density at radius 1 is 0.963 bits per heavy atom. The fourth-order valence-corrected chi connectivity index (χ4v) is 3.41. The minimum atomic E-state index is 0.214. The lowest BCUT2D eigenvalue weighted by molar-refractivity contribution is 0.0972. The molecule has 0 saturated carbocycles. The van der Waals surface area contributed by atoms with Gasteiger partial charge in [0.05, 0.1) is 44.2 Å². The van der Waals surface area contributed by atoms with Crippen molar-refractivity contribution in [3.63, 3.8) is 0 Å². The standard InChI is InChI=1S/C18H25N7O2/c1-12-10-26-5-3-24(12)16-7-15(14-8-20-17(19)21-9-14)22-18(23-16)25-4-6-27-11-13(25)2/h7-9,12-13H,3-6,10-11H2,1-2H3,(H2,19,20,21). The SMILES string of the molecule is CC1COCCN1c1cc(-c2cnc(N)nc2)nc(N2CCOCC2C)n1. The number of nitrogen functional groups attached to an aromatic ring is 1. The lowest BCUT2D eigenvalue weighted by Gasteiger charge is -2.36. The van der Waals surface area contributed by atoms with E-state index in [0.717, 1.165) is 30.2 Å². The summed E-state index contributed by atoms with van der Waals surface area (Å²) >= 11 is 0. The van der Waals surface area contributed by atoms with Gasteiger partial charge in [-0.3, -0.25) is 0 Å². The number of morpholine rings is 2. The summed E-state index contributed by atoms with van der Waals surface area (Å²) in [5, 5.41) is 0. The third kappa shape index (κ3) is 3.79. The number of anilines is 3. The van der Waals surface area contributed by atoms with Crippen molar-refractivity contribution in [3.8, 4) is 11.3 Å². The first-order chi connectivity index (χ1) is 13.1. The molecule has 4 heterocycles. The van der Waals surface area contributed by atoms with E-state index < -0.39 is 0 Å². The lowest BCUT2D eigenvalue weighted by Crippen LogP contribution is -2.46. The third-order valence-electron chi connectivity index (χ3n) is 4.95. The summed E-state index contributed by atoms with van der Waals surface area (Å²) in [5.74, 6) is 1.84. The molecule has 9 nitrogen and oxygen atoms in total. The maximum Gasteiger partial charge on any atom is 0.228 e. The van der Waals surface area contributed by atoms with E-state index in [0.29, 0.717) is 32.4 Å². The highest BCUT2D eigenvalue weighted by molar-refractivity contribution is 5.64. The summed E-state index contributed by atoms with van der Waals surface area (Å²) in [4.78, 5) is 22.4. The van der Waals surface area contributed by atoms with Gasteiger partial charge in [-0.25, -0.2) is 15.0 Å². The fraction of sp³-hybridized carbons (Fsp3) is 0.556. The van der Waals surface area contributed by atoms with Crippen LogP contribution in [-0.2, 0) is 9.47 Å². The highest BCUT2D eigenvalue weighted by Gasteiger charge is 2.26. The molecule has 0 bridgehead atoms. The van der Waals surface area contributed by atoms with Crippen LogP contribution < -0.4 is 15.5 Å². The number of hydrogen-bond donors (Lipinski definition) is 1. The molecule has 0 aliphatic carbocycles. The zero-order chi connectivity index (χ0) is 18.8. The predicted molar refractivity (Wildman–Crippen MR) is 103 cm³/mol. The van der Waals surface area contributed by atoms with Crippen molar-refractivity contribution in [2.45, 2.75) is 25.9 Å². The largest absolute Gasteiger partial charge is 0.377 e. The van der Waals surface area contributed by atoms with Crippen molar-refractivity contribution < 1.29 is 9.47 Å². The van der Waals surface area contributed by atoms with Crippen LogP contribution in [0.2, 0.25) is 0 Å². The molecule has 2 N–H and O–H groups in total. The van der Waals surface area contributed by atoms with Crippen LogP contribution in [-0.4, -0.2) is 71.5 Å². The van der Waals surface area contributed by atoms with Crippen LogP contribution in [0.4, 0.5) is 17.7 Å². The molecule has 4 rings (SSSR count). The van der Waals surface area contributed by atoms with Gasteiger partial charge in [-0.1, -0.05) is 0 Å². The molecular formula is C18H25N7O2. The second kappa shape index (κ2) is 7.61. The van der Waals surface area contributed by atoms with Crippen molar-refractivity contribution in [2.75, 3.05) is 55.1 Å². The van der Waals surface area contributed by atoms with Crippen LogP contribution in [0.5, 0.6) is 0 Å². The second-order valence-electron chi connectivity index (χ2n) is 6.98. The summed E-state index contributed by atoms with van der Waals surface area (Å²) in [6.45, 7) is 8.55. The Bertz CT molecular complexity index is 746. The van der Waals surface area contributed by atoms with Gasteiger partial charge in [0.15, 0.2) is 0 Å². The highest BCUT2D eigenvalue weighted by Crippen LogP contribution is 2.27. The summed E-state index contributed by atoms with van der Waals surface area (Å²) in [5.41, 5.74) is 7.24. The van der Waals surface area contributed by atoms with Gasteiger partial charge in [-0.15, -0.1) is 0 Å². The van der Waals surface area contributed by atoms with E-state index in [2.05, 4.69) is 33.6 Å². The van der Waals surface area contributed by atoms with Crippen LogP contribution in [0.1, 0.15) is 13.8 Å². The normalized spacial score (nSPS) is 23.5. The zero-order valence-corrected chi connectivity index (χ0v) is 15.7. The molecule has 144 valence electrons. The topological polar surface area (TPSA) is 103 Å². The molecule has 2 aliphatic heterocycles. The third-order valence-corrected chi connectivity index (χ3v) is 4.95. The Morgan fingerprint density at radius 3 is 2.22 bits per heavy atom. The van der Waals surface area contributed by atoms with Gasteiger partial charge in [0, 0.05) is 37.1 Å². The average Bonchev–Trinajstić information content (AvgIpc) is 2.69. The van der Waals surface area contributed by atoms with Gasteiger partial charge in [0.25, 0.3) is 0 Å². The average molecular weight is 371 g/mol. The molecule has 9 heteroatoms. The molecule has 2 aromatic heterocycles. The molecule has 0 amide bonds. The van der Waals surface area contributed by atoms with E-state index >= 15 is 0 Å². The Kier molecular flexibility index (Phi) is 5.04. The van der Waals surface area contributed by atoms with E-state index in [-0.39, 0.29) is 18.0 Å². The minimum Gasteiger partial charge on any atom is -0.377 e. The fourth-order valence-electron chi connectivity index (χ4n) is 3.41. The van der Waals surface area contributed by atoms with E-state index in [1.807, 2.05) is 6.07 Å². The van der Waals surface area contributed by atoms with Gasteiger partial charge in [-0.2, -0.15) is 4.98 Å².